The lowest BCUT2D eigenvalue weighted by Crippen LogP contribution is -2.47. The zero-order valence-corrected chi connectivity index (χ0v) is 19.2. The molecule has 1 aromatic rings. The van der Waals surface area contributed by atoms with Gasteiger partial charge in [0, 0.05) is 24.4 Å². The van der Waals surface area contributed by atoms with Crippen molar-refractivity contribution in [1.82, 2.24) is 9.80 Å². The zero-order valence-electron chi connectivity index (χ0n) is 19.2. The van der Waals surface area contributed by atoms with Crippen LogP contribution in [-0.2, 0) is 6.42 Å². The van der Waals surface area contributed by atoms with Gasteiger partial charge in [-0.05, 0) is 95.0 Å². The van der Waals surface area contributed by atoms with Crippen molar-refractivity contribution in [3.63, 3.8) is 0 Å². The summed E-state index contributed by atoms with van der Waals surface area (Å²) in [7, 11) is 0. The molecule has 3 heteroatoms. The van der Waals surface area contributed by atoms with E-state index in [1.54, 1.807) is 5.56 Å². The van der Waals surface area contributed by atoms with E-state index in [4.69, 9.17) is 4.42 Å². The molecular weight excluding hydrogens is 380 g/mol. The Morgan fingerprint density at radius 1 is 1.13 bits per heavy atom. The van der Waals surface area contributed by atoms with Crippen LogP contribution in [0, 0.1) is 5.41 Å². The molecule has 1 aromatic heterocycles. The average Bonchev–Trinajstić information content (AvgIpc) is 3.37. The minimum Gasteiger partial charge on any atom is -0.464 e. The fourth-order valence-corrected chi connectivity index (χ4v) is 7.14. The Morgan fingerprint density at radius 2 is 2.03 bits per heavy atom. The summed E-state index contributed by atoms with van der Waals surface area (Å²) in [5.74, 6) is 3.17. The van der Waals surface area contributed by atoms with Crippen LogP contribution in [0.5, 0.6) is 0 Å². The summed E-state index contributed by atoms with van der Waals surface area (Å²) in [6.07, 6.45) is 21.1. The molecule has 0 saturated carbocycles. The first kappa shape index (κ1) is 21.3. The van der Waals surface area contributed by atoms with E-state index < -0.39 is 0 Å². The predicted molar refractivity (Wildman–Crippen MR) is 128 cm³/mol. The van der Waals surface area contributed by atoms with Crippen molar-refractivity contribution in [3.8, 4) is 0 Å². The van der Waals surface area contributed by atoms with Gasteiger partial charge in [-0.2, -0.15) is 0 Å². The molecule has 5 atom stereocenters. The maximum absolute atomic E-state index is 6.70. The molecule has 2 saturated heterocycles. The number of allylic oxidation sites excluding steroid dienone is 3. The lowest BCUT2D eigenvalue weighted by molar-refractivity contribution is 0.0365. The van der Waals surface area contributed by atoms with E-state index in [1.807, 2.05) is 0 Å². The topological polar surface area (TPSA) is 19.6 Å². The number of fused-ring (bicyclic) bond motifs is 7. The van der Waals surface area contributed by atoms with Crippen LogP contribution in [0.4, 0.5) is 0 Å². The second-order valence-corrected chi connectivity index (χ2v) is 10.3. The fraction of sp³-hybridized carbons (Fsp3) is 0.643. The van der Waals surface area contributed by atoms with Crippen molar-refractivity contribution in [2.45, 2.75) is 82.2 Å². The summed E-state index contributed by atoms with van der Waals surface area (Å²) in [4.78, 5) is 5.55. The lowest BCUT2D eigenvalue weighted by Gasteiger charge is -2.45. The van der Waals surface area contributed by atoms with Crippen molar-refractivity contribution >= 4 is 0 Å². The molecule has 31 heavy (non-hydrogen) atoms. The van der Waals surface area contributed by atoms with Gasteiger partial charge >= 0.3 is 0 Å². The van der Waals surface area contributed by atoms with Crippen molar-refractivity contribution < 1.29 is 4.42 Å². The van der Waals surface area contributed by atoms with E-state index >= 15 is 0 Å². The second-order valence-electron chi connectivity index (χ2n) is 10.3. The van der Waals surface area contributed by atoms with Gasteiger partial charge in [0.1, 0.15) is 11.5 Å². The van der Waals surface area contributed by atoms with E-state index in [0.29, 0.717) is 23.4 Å². The first-order valence-electron chi connectivity index (χ1n) is 12.8. The third-order valence-electron chi connectivity index (χ3n) is 8.47. The molecule has 5 heterocycles. The van der Waals surface area contributed by atoms with E-state index in [1.165, 1.54) is 76.1 Å². The molecule has 5 unspecified atom stereocenters. The highest BCUT2D eigenvalue weighted by molar-refractivity contribution is 5.42. The Hall–Kier alpha value is -1.58. The van der Waals surface area contributed by atoms with Gasteiger partial charge in [-0.15, -0.1) is 13.2 Å². The van der Waals surface area contributed by atoms with Crippen LogP contribution in [0.1, 0.15) is 86.8 Å². The number of hydrogen-bond donors (Lipinski definition) is 0. The summed E-state index contributed by atoms with van der Waals surface area (Å²) in [6.45, 7) is 13.0. The molecule has 5 aliphatic rings. The summed E-state index contributed by atoms with van der Waals surface area (Å²) in [5, 5.41) is 0. The van der Waals surface area contributed by atoms with E-state index in [9.17, 15) is 0 Å². The van der Waals surface area contributed by atoms with Gasteiger partial charge in [0.2, 0.25) is 0 Å². The van der Waals surface area contributed by atoms with Crippen LogP contribution in [-0.4, -0.2) is 42.0 Å². The van der Waals surface area contributed by atoms with Gasteiger partial charge in [0.15, 0.2) is 0 Å². The van der Waals surface area contributed by atoms with Crippen LogP contribution in [0.3, 0.4) is 0 Å². The number of hydrogen-bond acceptors (Lipinski definition) is 3. The van der Waals surface area contributed by atoms with Crippen LogP contribution in [0.25, 0.3) is 0 Å². The molecule has 0 amide bonds. The molecule has 1 aliphatic carbocycles. The van der Waals surface area contributed by atoms with Gasteiger partial charge in [-0.3, -0.25) is 4.90 Å². The van der Waals surface area contributed by atoms with Crippen LogP contribution < -0.4 is 0 Å². The van der Waals surface area contributed by atoms with E-state index in [-0.39, 0.29) is 0 Å². The smallest absolute Gasteiger partial charge is 0.125 e. The molecule has 168 valence electrons. The molecule has 4 aliphatic heterocycles. The number of rotatable bonds is 6. The van der Waals surface area contributed by atoms with Gasteiger partial charge in [0.05, 0.1) is 6.04 Å². The third-order valence-corrected chi connectivity index (χ3v) is 8.47. The standard InChI is InChI=1S/C28H40N2O/c1-3-5-6-13-17-30-22(4-2)20-28-21-29-16-12-10-8-7-9-11-14-23-19-24(25(28)15-18-29)26(31-23)27(28)30/h3-4,7,9,19,22,25,27H,1-2,5-6,8,10-18,20-21H2/b9-7-. The molecule has 3 nitrogen and oxygen atoms in total. The third kappa shape index (κ3) is 3.78. The van der Waals surface area contributed by atoms with Crippen molar-refractivity contribution in [2.75, 3.05) is 26.2 Å². The van der Waals surface area contributed by atoms with Crippen molar-refractivity contribution in [3.05, 3.63) is 60.6 Å². The Bertz CT molecular complexity index is 823. The van der Waals surface area contributed by atoms with E-state index in [0.717, 1.165) is 25.8 Å². The maximum Gasteiger partial charge on any atom is 0.125 e. The minimum atomic E-state index is 0.306. The van der Waals surface area contributed by atoms with Gasteiger partial charge in [-0.25, -0.2) is 0 Å². The molecule has 2 fully saturated rings. The Morgan fingerprint density at radius 3 is 2.90 bits per heavy atom. The highest BCUT2D eigenvalue weighted by Crippen LogP contribution is 2.66. The Labute approximate surface area is 188 Å². The number of unbranched alkanes of at least 4 members (excludes halogenated alkanes) is 2. The number of piperidine rings is 1. The first-order valence-corrected chi connectivity index (χ1v) is 12.8. The maximum atomic E-state index is 6.70. The molecular formula is C28H40N2O. The van der Waals surface area contributed by atoms with Crippen LogP contribution in [0.15, 0.2) is 47.9 Å². The molecule has 0 radical (unpaired) electrons. The van der Waals surface area contributed by atoms with Crippen LogP contribution >= 0.6 is 0 Å². The number of nitrogens with zero attached hydrogens (tertiary/aromatic N) is 2. The molecule has 6 bridgehead atoms. The second kappa shape index (κ2) is 9.11. The monoisotopic (exact) mass is 420 g/mol. The zero-order chi connectivity index (χ0) is 21.3. The first-order chi connectivity index (χ1) is 15.3. The summed E-state index contributed by atoms with van der Waals surface area (Å²) in [6, 6.07) is 3.35. The largest absolute Gasteiger partial charge is 0.464 e. The van der Waals surface area contributed by atoms with Gasteiger partial charge in [-0.1, -0.05) is 24.3 Å². The highest BCUT2D eigenvalue weighted by Gasteiger charge is 2.64. The molecule has 6 rings (SSSR count). The van der Waals surface area contributed by atoms with Crippen molar-refractivity contribution in [2.24, 2.45) is 5.41 Å². The SMILES string of the molecule is C=CCCCCN1C(C=C)CC23CN4CCCC/C=C\CCc5cc(c(o5)C12)C3CC4. The molecule has 1 spiro atoms. The number of aryl methyl sites for hydroxylation is 1. The van der Waals surface area contributed by atoms with Gasteiger partial charge < -0.3 is 9.32 Å². The number of likely N-dealkylation sites (tertiary alicyclic amines) is 1. The van der Waals surface area contributed by atoms with Crippen LogP contribution in [0.2, 0.25) is 0 Å². The van der Waals surface area contributed by atoms with Gasteiger partial charge in [0.25, 0.3) is 0 Å². The summed E-state index contributed by atoms with van der Waals surface area (Å²) >= 11 is 0. The minimum absolute atomic E-state index is 0.306. The fourth-order valence-electron chi connectivity index (χ4n) is 7.14. The molecule has 0 N–H and O–H groups in total. The quantitative estimate of drug-likeness (QED) is 0.392. The Balaban J connectivity index is 1.50. The van der Waals surface area contributed by atoms with Crippen molar-refractivity contribution in [1.29, 1.82) is 0 Å². The lowest BCUT2D eigenvalue weighted by atomic mass is 9.68. The highest BCUT2D eigenvalue weighted by atomic mass is 16.3. The Kier molecular flexibility index (Phi) is 6.25. The predicted octanol–water partition coefficient (Wildman–Crippen LogP) is 6.40. The van der Waals surface area contributed by atoms with E-state index in [2.05, 4.69) is 53.3 Å². The number of furan rings is 1. The summed E-state index contributed by atoms with van der Waals surface area (Å²) in [5.41, 5.74) is 1.86. The molecule has 0 aromatic carbocycles. The normalized spacial score (nSPS) is 36.1. The summed E-state index contributed by atoms with van der Waals surface area (Å²) < 4.78 is 6.70. The average molecular weight is 421 g/mol.